The fourth-order valence-electron chi connectivity index (χ4n) is 1.69. The van der Waals surface area contributed by atoms with Crippen LogP contribution in [-0.2, 0) is 13.7 Å². The van der Waals surface area contributed by atoms with Gasteiger partial charge in [0.05, 0.1) is 5.56 Å². The van der Waals surface area contributed by atoms with E-state index in [9.17, 15) is 4.79 Å². The second-order valence-electron chi connectivity index (χ2n) is 3.90. The van der Waals surface area contributed by atoms with Crippen molar-refractivity contribution in [2.45, 2.75) is 6.61 Å². The molecule has 0 radical (unpaired) electrons. The van der Waals surface area contributed by atoms with E-state index in [0.29, 0.717) is 17.0 Å². The lowest BCUT2D eigenvalue weighted by Crippen LogP contribution is -2.08. The Kier molecular flexibility index (Phi) is 3.53. The summed E-state index contributed by atoms with van der Waals surface area (Å²) in [5.41, 5.74) is 1.13. The molecule has 5 nitrogen and oxygen atoms in total. The van der Waals surface area contributed by atoms with Crippen molar-refractivity contribution in [2.24, 2.45) is 7.05 Å². The van der Waals surface area contributed by atoms with Gasteiger partial charge in [-0.1, -0.05) is 12.0 Å². The third kappa shape index (κ3) is 2.75. The summed E-state index contributed by atoms with van der Waals surface area (Å²) in [6.07, 6.45) is 7.11. The lowest BCUT2D eigenvalue weighted by atomic mass is 10.0. The van der Waals surface area contributed by atoms with Gasteiger partial charge in [-0.2, -0.15) is 0 Å². The third-order valence-corrected chi connectivity index (χ3v) is 2.62. The first-order valence-electron chi connectivity index (χ1n) is 5.56. The van der Waals surface area contributed by atoms with Gasteiger partial charge in [-0.3, -0.25) is 4.68 Å². The first-order valence-corrected chi connectivity index (χ1v) is 5.56. The number of rotatable bonds is 4. The molecule has 0 atom stereocenters. The number of nitrogens with zero attached hydrogens (tertiary/aromatic N) is 2. The Balaban J connectivity index is 2.28. The number of aromatic nitrogens is 2. The molecule has 0 unspecified atom stereocenters. The number of ether oxygens (including phenoxy) is 1. The maximum absolute atomic E-state index is 11.2. The predicted molar refractivity (Wildman–Crippen MR) is 68.9 cm³/mol. The van der Waals surface area contributed by atoms with Crippen molar-refractivity contribution < 1.29 is 14.6 Å². The second kappa shape index (κ2) is 5.27. The largest absolute Gasteiger partial charge is 0.478 e. The highest BCUT2D eigenvalue weighted by Crippen LogP contribution is 2.17. The van der Waals surface area contributed by atoms with E-state index < -0.39 is 5.97 Å². The number of hydrogen-bond acceptors (Lipinski definition) is 3. The molecule has 1 aromatic carbocycles. The quantitative estimate of drug-likeness (QED) is 0.845. The molecule has 96 valence electrons. The van der Waals surface area contributed by atoms with Gasteiger partial charge in [-0.05, 0) is 12.1 Å². The molecular formula is C14H12N2O3. The van der Waals surface area contributed by atoms with Crippen molar-refractivity contribution in [2.75, 3.05) is 0 Å². The van der Waals surface area contributed by atoms with Crippen LogP contribution in [-0.4, -0.2) is 20.9 Å². The van der Waals surface area contributed by atoms with Crippen LogP contribution in [0, 0.1) is 12.3 Å². The molecule has 0 aliphatic heterocycles. The summed E-state index contributed by atoms with van der Waals surface area (Å²) >= 11 is 0. The van der Waals surface area contributed by atoms with Crippen molar-refractivity contribution in [3.63, 3.8) is 0 Å². The van der Waals surface area contributed by atoms with Crippen LogP contribution >= 0.6 is 0 Å². The molecular weight excluding hydrogens is 244 g/mol. The molecule has 2 aromatic rings. The van der Waals surface area contributed by atoms with Gasteiger partial charge in [0, 0.05) is 30.4 Å². The topological polar surface area (TPSA) is 64.3 Å². The van der Waals surface area contributed by atoms with Crippen molar-refractivity contribution in [3.8, 4) is 18.2 Å². The summed E-state index contributed by atoms with van der Waals surface area (Å²) in [5.74, 6) is 1.85. The van der Waals surface area contributed by atoms with Crippen LogP contribution < -0.4 is 4.74 Å². The monoisotopic (exact) mass is 256 g/mol. The van der Waals surface area contributed by atoms with Crippen molar-refractivity contribution in [1.29, 1.82) is 0 Å². The maximum Gasteiger partial charge on any atom is 0.336 e. The van der Waals surface area contributed by atoms with Gasteiger partial charge in [0.1, 0.15) is 6.61 Å². The van der Waals surface area contributed by atoms with Crippen LogP contribution in [0.15, 0.2) is 30.5 Å². The van der Waals surface area contributed by atoms with Gasteiger partial charge >= 0.3 is 5.97 Å². The molecule has 1 heterocycles. The number of hydrogen-bond donors (Lipinski definition) is 1. The first kappa shape index (κ1) is 12.7. The van der Waals surface area contributed by atoms with Crippen LogP contribution in [0.2, 0.25) is 0 Å². The fraction of sp³-hybridized carbons (Fsp3) is 0.143. The number of carbonyl (C=O) groups is 1. The summed E-state index contributed by atoms with van der Waals surface area (Å²) in [5, 5.41) is 13.2. The van der Waals surface area contributed by atoms with Gasteiger partial charge in [0.15, 0.2) is 0 Å². The summed E-state index contributed by atoms with van der Waals surface area (Å²) in [7, 11) is 1.77. The smallest absolute Gasteiger partial charge is 0.336 e. The SMILES string of the molecule is C#Cc1cccc(C(=O)O)c1COc1ccn(C)n1. The number of terminal acetylenes is 1. The minimum atomic E-state index is -1.03. The third-order valence-electron chi connectivity index (χ3n) is 2.62. The Morgan fingerprint density at radius 1 is 1.53 bits per heavy atom. The van der Waals surface area contributed by atoms with Crippen LogP contribution in [0.1, 0.15) is 21.5 Å². The highest BCUT2D eigenvalue weighted by molar-refractivity contribution is 5.90. The molecule has 5 heteroatoms. The van der Waals surface area contributed by atoms with Crippen molar-refractivity contribution in [1.82, 2.24) is 9.78 Å². The average Bonchev–Trinajstić information content (AvgIpc) is 2.81. The number of carboxylic acids is 1. The lowest BCUT2D eigenvalue weighted by molar-refractivity contribution is 0.0693. The van der Waals surface area contributed by atoms with E-state index in [4.69, 9.17) is 16.3 Å². The number of benzene rings is 1. The van der Waals surface area contributed by atoms with E-state index in [0.717, 1.165) is 0 Å². The van der Waals surface area contributed by atoms with Crippen LogP contribution in [0.3, 0.4) is 0 Å². The minimum Gasteiger partial charge on any atom is -0.478 e. The number of carboxylic acid groups (broad SMARTS) is 1. The molecule has 0 bridgehead atoms. The zero-order valence-corrected chi connectivity index (χ0v) is 10.3. The molecule has 0 aliphatic rings. The maximum atomic E-state index is 11.2. The van der Waals surface area contributed by atoms with Gasteiger partial charge in [0.2, 0.25) is 5.88 Å². The Hall–Kier alpha value is -2.74. The molecule has 0 fully saturated rings. The standard InChI is InChI=1S/C14H12N2O3/c1-3-10-5-4-6-11(14(17)18)12(10)9-19-13-7-8-16(2)15-13/h1,4-8H,9H2,2H3,(H,17,18). The van der Waals surface area contributed by atoms with Crippen LogP contribution in [0.4, 0.5) is 0 Å². The van der Waals surface area contributed by atoms with E-state index in [2.05, 4.69) is 11.0 Å². The summed E-state index contributed by atoms with van der Waals surface area (Å²) < 4.78 is 7.05. The second-order valence-corrected chi connectivity index (χ2v) is 3.90. The molecule has 0 spiro atoms. The Morgan fingerprint density at radius 2 is 2.32 bits per heavy atom. The Bertz CT molecular complexity index is 653. The zero-order valence-electron chi connectivity index (χ0n) is 10.3. The molecule has 1 aromatic heterocycles. The first-order chi connectivity index (χ1) is 9.11. The van der Waals surface area contributed by atoms with Crippen LogP contribution in [0.25, 0.3) is 0 Å². The molecule has 19 heavy (non-hydrogen) atoms. The molecule has 2 rings (SSSR count). The van der Waals surface area contributed by atoms with Crippen LogP contribution in [0.5, 0.6) is 5.88 Å². The van der Waals surface area contributed by atoms with Crippen molar-refractivity contribution >= 4 is 5.97 Å². The minimum absolute atomic E-state index is 0.0685. The van der Waals surface area contributed by atoms with Crippen molar-refractivity contribution in [3.05, 3.63) is 47.2 Å². The number of aromatic carboxylic acids is 1. The summed E-state index contributed by atoms with van der Waals surface area (Å²) in [6.45, 7) is 0.0685. The van der Waals surface area contributed by atoms with Gasteiger partial charge in [-0.25, -0.2) is 4.79 Å². The molecule has 0 saturated heterocycles. The van der Waals surface area contributed by atoms with Gasteiger partial charge < -0.3 is 9.84 Å². The van der Waals surface area contributed by atoms with E-state index >= 15 is 0 Å². The van der Waals surface area contributed by atoms with E-state index in [-0.39, 0.29) is 12.2 Å². The lowest BCUT2D eigenvalue weighted by Gasteiger charge is -2.09. The van der Waals surface area contributed by atoms with E-state index in [1.165, 1.54) is 6.07 Å². The van der Waals surface area contributed by atoms with E-state index in [1.807, 2.05) is 0 Å². The summed E-state index contributed by atoms with van der Waals surface area (Å²) in [6, 6.07) is 6.49. The molecule has 1 N–H and O–H groups in total. The highest BCUT2D eigenvalue weighted by Gasteiger charge is 2.14. The normalized spacial score (nSPS) is 9.89. The van der Waals surface area contributed by atoms with Gasteiger partial charge in [-0.15, -0.1) is 11.5 Å². The average molecular weight is 256 g/mol. The van der Waals surface area contributed by atoms with Gasteiger partial charge in [0.25, 0.3) is 0 Å². The fourth-order valence-corrected chi connectivity index (χ4v) is 1.69. The molecule has 0 aliphatic carbocycles. The molecule has 0 amide bonds. The van der Waals surface area contributed by atoms with E-state index in [1.54, 1.807) is 36.1 Å². The highest BCUT2D eigenvalue weighted by atomic mass is 16.5. The Morgan fingerprint density at radius 3 is 2.89 bits per heavy atom. The molecule has 0 saturated carbocycles. The Labute approximate surface area is 110 Å². The number of aryl methyl sites for hydroxylation is 1. The predicted octanol–water partition coefficient (Wildman–Crippen LogP) is 1.68. The summed E-state index contributed by atoms with van der Waals surface area (Å²) in [4.78, 5) is 11.2. The zero-order chi connectivity index (χ0) is 13.8.